The van der Waals surface area contributed by atoms with Crippen molar-refractivity contribution >= 4 is 35.1 Å². The molecule has 6 rings (SSSR count). The molecule has 7 nitrogen and oxygen atoms in total. The van der Waals surface area contributed by atoms with Crippen molar-refractivity contribution in [3.05, 3.63) is 65.7 Å². The molecule has 2 bridgehead atoms. The Labute approximate surface area is 216 Å². The smallest absolute Gasteiger partial charge is 0.316 e. The number of hydrogen-bond acceptors (Lipinski definition) is 5. The van der Waals surface area contributed by atoms with E-state index in [0.29, 0.717) is 5.69 Å². The maximum Gasteiger partial charge on any atom is 0.316 e. The van der Waals surface area contributed by atoms with Gasteiger partial charge in [0.25, 0.3) is 0 Å². The van der Waals surface area contributed by atoms with Crippen molar-refractivity contribution < 1.29 is 23.9 Å². The molecule has 2 aliphatic heterocycles. The number of allylic oxidation sites excluding steroid dienone is 2. The molecule has 3 fully saturated rings. The summed E-state index contributed by atoms with van der Waals surface area (Å²) >= 11 is 0. The minimum atomic E-state index is -0.595. The van der Waals surface area contributed by atoms with Gasteiger partial charge >= 0.3 is 5.97 Å². The molecule has 1 saturated carbocycles. The van der Waals surface area contributed by atoms with Crippen LogP contribution in [0.2, 0.25) is 0 Å². The van der Waals surface area contributed by atoms with E-state index in [4.69, 9.17) is 4.74 Å². The van der Waals surface area contributed by atoms with Crippen molar-refractivity contribution in [2.45, 2.75) is 39.5 Å². The predicted octanol–water partition coefficient (Wildman–Crippen LogP) is 4.08. The van der Waals surface area contributed by atoms with Crippen LogP contribution in [0, 0.1) is 29.6 Å². The zero-order chi connectivity index (χ0) is 25.8. The Hall–Kier alpha value is -3.74. The fourth-order valence-electron chi connectivity index (χ4n) is 6.69. The van der Waals surface area contributed by atoms with E-state index in [0.717, 1.165) is 36.1 Å². The van der Waals surface area contributed by atoms with Crippen molar-refractivity contribution in [2.24, 2.45) is 29.6 Å². The van der Waals surface area contributed by atoms with E-state index in [1.807, 2.05) is 18.2 Å². The highest BCUT2D eigenvalue weighted by Crippen LogP contribution is 2.53. The van der Waals surface area contributed by atoms with Gasteiger partial charge in [0.05, 0.1) is 23.4 Å². The molecule has 4 aliphatic rings. The van der Waals surface area contributed by atoms with Crippen LogP contribution in [0.15, 0.2) is 54.6 Å². The number of benzene rings is 2. The maximum atomic E-state index is 13.2. The van der Waals surface area contributed by atoms with Crippen molar-refractivity contribution in [3.8, 4) is 5.75 Å². The van der Waals surface area contributed by atoms with Crippen LogP contribution < -0.4 is 14.5 Å². The second-order valence-electron chi connectivity index (χ2n) is 10.5. The lowest BCUT2D eigenvalue weighted by atomic mass is 9.85. The van der Waals surface area contributed by atoms with Crippen LogP contribution in [-0.4, -0.2) is 30.2 Å². The van der Waals surface area contributed by atoms with E-state index in [-0.39, 0.29) is 60.1 Å². The first kappa shape index (κ1) is 23.6. The number of fused-ring (bicyclic) bond motifs is 5. The third kappa shape index (κ3) is 3.71. The Balaban J connectivity index is 1.18. The molecule has 37 heavy (non-hydrogen) atoms. The normalized spacial score (nSPS) is 27.9. The lowest BCUT2D eigenvalue weighted by Crippen LogP contribution is -2.32. The van der Waals surface area contributed by atoms with Crippen LogP contribution in [0.25, 0.3) is 0 Å². The van der Waals surface area contributed by atoms with E-state index in [1.54, 1.807) is 29.2 Å². The predicted molar refractivity (Wildman–Crippen MR) is 138 cm³/mol. The zero-order valence-corrected chi connectivity index (χ0v) is 21.1. The first-order chi connectivity index (χ1) is 17.9. The van der Waals surface area contributed by atoms with Crippen LogP contribution in [0.5, 0.6) is 5.75 Å². The molecule has 0 N–H and O–H groups in total. The SMILES string of the molecule is CCc1cccc(CC)c1N1C[C@H](C(=O)Oc2cccc(N3C(=O)[C@@H]4[C@@H](C3=O)[C@H]3C=C[C@H]4C3)c2)CC1=O. The van der Waals surface area contributed by atoms with Gasteiger partial charge in [0.15, 0.2) is 0 Å². The molecule has 0 unspecified atom stereocenters. The van der Waals surface area contributed by atoms with Crippen LogP contribution >= 0.6 is 0 Å². The summed E-state index contributed by atoms with van der Waals surface area (Å²) in [5, 5.41) is 0. The second kappa shape index (κ2) is 8.98. The van der Waals surface area contributed by atoms with Crippen molar-refractivity contribution in [1.82, 2.24) is 0 Å². The van der Waals surface area contributed by atoms with Gasteiger partial charge in [0, 0.05) is 24.7 Å². The number of rotatable bonds is 6. The molecule has 2 aromatic rings. The molecule has 0 aromatic heterocycles. The molecule has 7 heteroatoms. The average molecular weight is 499 g/mol. The lowest BCUT2D eigenvalue weighted by Gasteiger charge is -2.23. The highest BCUT2D eigenvalue weighted by atomic mass is 16.5. The Kier molecular flexibility index (Phi) is 5.74. The number of ether oxygens (including phenoxy) is 1. The fraction of sp³-hybridized carbons (Fsp3) is 0.400. The van der Waals surface area contributed by atoms with Gasteiger partial charge in [-0.3, -0.25) is 19.2 Å². The van der Waals surface area contributed by atoms with Gasteiger partial charge in [-0.2, -0.15) is 0 Å². The van der Waals surface area contributed by atoms with E-state index < -0.39 is 11.9 Å². The number of nitrogens with zero attached hydrogens (tertiary/aromatic N) is 2. The number of carbonyl (C=O) groups excluding carboxylic acids is 4. The van der Waals surface area contributed by atoms with Gasteiger partial charge in [-0.05, 0) is 54.4 Å². The summed E-state index contributed by atoms with van der Waals surface area (Å²) in [6.07, 6.45) is 6.67. The number of para-hydroxylation sites is 1. The topological polar surface area (TPSA) is 84.0 Å². The Morgan fingerprint density at radius 3 is 2.16 bits per heavy atom. The fourth-order valence-corrected chi connectivity index (χ4v) is 6.69. The third-order valence-electron chi connectivity index (χ3n) is 8.46. The molecular formula is C30H30N2O5. The van der Waals surface area contributed by atoms with Gasteiger partial charge in [0.2, 0.25) is 17.7 Å². The van der Waals surface area contributed by atoms with E-state index in [1.165, 1.54) is 4.90 Å². The summed E-state index contributed by atoms with van der Waals surface area (Å²) in [5.41, 5.74) is 3.50. The Morgan fingerprint density at radius 2 is 1.54 bits per heavy atom. The summed E-state index contributed by atoms with van der Waals surface area (Å²) < 4.78 is 5.68. The van der Waals surface area contributed by atoms with Crippen LogP contribution in [0.4, 0.5) is 11.4 Å². The first-order valence-corrected chi connectivity index (χ1v) is 13.2. The number of aryl methyl sites for hydroxylation is 2. The van der Waals surface area contributed by atoms with Gasteiger partial charge in [-0.15, -0.1) is 0 Å². The third-order valence-corrected chi connectivity index (χ3v) is 8.46. The molecule has 5 atom stereocenters. The zero-order valence-electron chi connectivity index (χ0n) is 21.1. The minimum Gasteiger partial charge on any atom is -0.426 e. The van der Waals surface area contributed by atoms with Gasteiger partial charge in [-0.25, -0.2) is 4.90 Å². The summed E-state index contributed by atoms with van der Waals surface area (Å²) in [5.74, 6) is -1.57. The van der Waals surface area contributed by atoms with Crippen LogP contribution in [0.3, 0.4) is 0 Å². The molecule has 0 spiro atoms. The van der Waals surface area contributed by atoms with Crippen molar-refractivity contribution in [1.29, 1.82) is 0 Å². The van der Waals surface area contributed by atoms with E-state index in [9.17, 15) is 19.2 Å². The average Bonchev–Trinajstić information content (AvgIpc) is 3.67. The number of imide groups is 1. The molecule has 3 amide bonds. The maximum absolute atomic E-state index is 13.2. The monoisotopic (exact) mass is 498 g/mol. The Morgan fingerprint density at radius 1 is 0.919 bits per heavy atom. The number of esters is 1. The molecular weight excluding hydrogens is 468 g/mol. The standard InChI is InChI=1S/C30H30N2O5/c1-3-17-7-5-8-18(4-2)27(17)31-16-21(14-24(31)33)30(36)37-23-10-6-9-22(15-23)32-28(34)25-19-11-12-20(13-19)26(25)29(32)35/h5-12,15,19-21,25-26H,3-4,13-14,16H2,1-2H3/t19-,20-,21+,25-,26-/m0/s1. The van der Waals surface area contributed by atoms with E-state index in [2.05, 4.69) is 26.0 Å². The Bertz CT molecular complexity index is 1290. The van der Waals surface area contributed by atoms with Crippen LogP contribution in [-0.2, 0) is 32.0 Å². The number of carbonyl (C=O) groups is 4. The highest BCUT2D eigenvalue weighted by molar-refractivity contribution is 6.22. The summed E-state index contributed by atoms with van der Waals surface area (Å²) in [4.78, 5) is 55.4. The van der Waals surface area contributed by atoms with Gasteiger partial charge in [-0.1, -0.05) is 50.3 Å². The van der Waals surface area contributed by atoms with Gasteiger partial charge in [0.1, 0.15) is 5.75 Å². The molecule has 2 aromatic carbocycles. The quantitative estimate of drug-likeness (QED) is 0.259. The summed E-state index contributed by atoms with van der Waals surface area (Å²) in [6, 6.07) is 12.6. The molecule has 2 heterocycles. The minimum absolute atomic E-state index is 0.0853. The number of hydrogen-bond donors (Lipinski definition) is 0. The molecule has 190 valence electrons. The highest BCUT2D eigenvalue weighted by Gasteiger charge is 2.59. The molecule has 2 saturated heterocycles. The van der Waals surface area contributed by atoms with Crippen molar-refractivity contribution in [3.63, 3.8) is 0 Å². The molecule has 0 radical (unpaired) electrons. The number of amides is 3. The second-order valence-corrected chi connectivity index (χ2v) is 10.5. The summed E-state index contributed by atoms with van der Waals surface area (Å²) in [6.45, 7) is 4.38. The number of anilines is 2. The van der Waals surface area contributed by atoms with E-state index >= 15 is 0 Å². The van der Waals surface area contributed by atoms with Crippen LogP contribution in [0.1, 0.15) is 37.8 Å². The summed E-state index contributed by atoms with van der Waals surface area (Å²) in [7, 11) is 0. The van der Waals surface area contributed by atoms with Gasteiger partial charge < -0.3 is 9.64 Å². The largest absolute Gasteiger partial charge is 0.426 e. The van der Waals surface area contributed by atoms with Crippen molar-refractivity contribution in [2.75, 3.05) is 16.3 Å². The first-order valence-electron chi connectivity index (χ1n) is 13.2. The molecule has 2 aliphatic carbocycles. The lowest BCUT2D eigenvalue weighted by molar-refractivity contribution is -0.139.